The van der Waals surface area contributed by atoms with E-state index in [9.17, 15) is 14.0 Å². The molecule has 39 heavy (non-hydrogen) atoms. The summed E-state index contributed by atoms with van der Waals surface area (Å²) in [5.41, 5.74) is 2.78. The van der Waals surface area contributed by atoms with E-state index in [-0.39, 0.29) is 29.3 Å². The van der Waals surface area contributed by atoms with E-state index in [1.54, 1.807) is 4.90 Å². The molecule has 2 saturated heterocycles. The third-order valence-corrected chi connectivity index (χ3v) is 10.8. The molecular weight excluding hydrogens is 487 g/mol. The summed E-state index contributed by atoms with van der Waals surface area (Å²) in [5, 5.41) is 0. The summed E-state index contributed by atoms with van der Waals surface area (Å²) in [4.78, 5) is 28.4. The minimum atomic E-state index is -1.31. The van der Waals surface area contributed by atoms with Crippen LogP contribution in [0.2, 0.25) is 0 Å². The van der Waals surface area contributed by atoms with E-state index in [1.165, 1.54) is 31.2 Å². The fourth-order valence-electron chi connectivity index (χ4n) is 7.29. The summed E-state index contributed by atoms with van der Waals surface area (Å²) in [5.74, 6) is 0.462. The fraction of sp³-hybridized carbons (Fsp3) is 0.588. The second kappa shape index (κ2) is 11.1. The van der Waals surface area contributed by atoms with Crippen molar-refractivity contribution >= 4 is 11.8 Å². The van der Waals surface area contributed by atoms with Gasteiger partial charge in [0.25, 0.3) is 5.91 Å². The molecule has 1 unspecified atom stereocenters. The Morgan fingerprint density at radius 1 is 0.744 bits per heavy atom. The third kappa shape index (κ3) is 5.38. The van der Waals surface area contributed by atoms with Gasteiger partial charge in [-0.05, 0) is 67.4 Å². The molecule has 0 aromatic heterocycles. The van der Waals surface area contributed by atoms with E-state index in [0.717, 1.165) is 31.4 Å². The molecule has 4 nitrogen and oxygen atoms in total. The van der Waals surface area contributed by atoms with E-state index < -0.39 is 6.17 Å². The van der Waals surface area contributed by atoms with Crippen LogP contribution in [0.25, 0.3) is 0 Å². The predicted octanol–water partition coefficient (Wildman–Crippen LogP) is 7.52. The highest BCUT2D eigenvalue weighted by atomic mass is 19.1. The lowest BCUT2D eigenvalue weighted by atomic mass is 9.62. The van der Waals surface area contributed by atoms with Gasteiger partial charge in [0.05, 0.1) is 12.1 Å². The van der Waals surface area contributed by atoms with Crippen molar-refractivity contribution in [2.45, 2.75) is 90.9 Å². The Morgan fingerprint density at radius 2 is 1.23 bits per heavy atom. The zero-order valence-corrected chi connectivity index (χ0v) is 24.1. The smallest absolute Gasteiger partial charge is 0.258 e. The molecule has 2 saturated carbocycles. The Hall–Kier alpha value is -2.69. The molecule has 2 aromatic rings. The maximum Gasteiger partial charge on any atom is 0.258 e. The van der Waals surface area contributed by atoms with Gasteiger partial charge in [-0.15, -0.1) is 0 Å². The van der Waals surface area contributed by atoms with Crippen molar-refractivity contribution < 1.29 is 14.0 Å². The molecule has 2 aliphatic carbocycles. The highest BCUT2D eigenvalue weighted by molar-refractivity contribution is 5.84. The number of benzene rings is 2. The van der Waals surface area contributed by atoms with E-state index in [2.05, 4.69) is 49.9 Å². The lowest BCUT2D eigenvalue weighted by Gasteiger charge is -2.43. The van der Waals surface area contributed by atoms with E-state index in [1.807, 2.05) is 43.3 Å². The van der Waals surface area contributed by atoms with Gasteiger partial charge in [0.2, 0.25) is 5.91 Å². The molecule has 5 heteroatoms. The van der Waals surface area contributed by atoms with Crippen LogP contribution in [-0.4, -0.2) is 40.9 Å². The fourth-order valence-corrected chi connectivity index (χ4v) is 7.29. The molecule has 0 bridgehead atoms. The molecule has 2 amide bonds. The third-order valence-electron chi connectivity index (χ3n) is 10.8. The quantitative estimate of drug-likeness (QED) is 0.386. The molecule has 0 N–H and O–H groups in total. The second-order valence-corrected chi connectivity index (χ2v) is 13.1. The van der Waals surface area contributed by atoms with E-state index in [0.29, 0.717) is 23.8 Å². The largest absolute Gasteiger partial charge is 0.336 e. The summed E-state index contributed by atoms with van der Waals surface area (Å²) < 4.78 is 14.4. The average Bonchev–Trinajstić information content (AvgIpc) is 3.46. The molecule has 6 rings (SSSR count). The standard InChI is InChI=1S/C17H22FNO.C17H23NO/c1-12(13-7-4-3-5-8-13)19-11-14(15(18)16(19)20)17(2)9-6-10-17;1-13(14-7-4-3-5-8-14)18-12-15(11-16(18)19)17(2)9-6-10-17/h3-5,7-8,12,14-15H,6,9-11H2,1-2H3;3-5,7-8,13,15H,6,9-12H2,1-2H3/t12-,14-,15+;13-,15?/m00/s1. The van der Waals surface area contributed by atoms with Crippen molar-refractivity contribution in [2.24, 2.45) is 22.7 Å². The van der Waals surface area contributed by atoms with Crippen molar-refractivity contribution in [3.63, 3.8) is 0 Å². The molecule has 2 aliphatic heterocycles. The van der Waals surface area contributed by atoms with Crippen molar-refractivity contribution in [2.75, 3.05) is 13.1 Å². The zero-order valence-electron chi connectivity index (χ0n) is 24.1. The molecule has 4 aliphatic rings. The number of hydrogen-bond donors (Lipinski definition) is 0. The number of carbonyl (C=O) groups excluding carboxylic acids is 2. The van der Waals surface area contributed by atoms with Crippen LogP contribution in [-0.2, 0) is 9.59 Å². The van der Waals surface area contributed by atoms with Crippen LogP contribution in [0.15, 0.2) is 60.7 Å². The monoisotopic (exact) mass is 532 g/mol. The maximum atomic E-state index is 14.4. The van der Waals surface area contributed by atoms with Crippen molar-refractivity contribution in [1.82, 2.24) is 9.80 Å². The predicted molar refractivity (Wildman–Crippen MR) is 154 cm³/mol. The number of carbonyl (C=O) groups is 2. The number of likely N-dealkylation sites (tertiary alicyclic amines) is 2. The average molecular weight is 533 g/mol. The number of halogens is 1. The first-order chi connectivity index (χ1) is 18.6. The number of hydrogen-bond acceptors (Lipinski definition) is 2. The normalized spacial score (nSPS) is 28.7. The van der Waals surface area contributed by atoms with Gasteiger partial charge in [0.1, 0.15) is 0 Å². The summed E-state index contributed by atoms with van der Waals surface area (Å²) in [6.45, 7) is 10.2. The topological polar surface area (TPSA) is 40.6 Å². The summed E-state index contributed by atoms with van der Waals surface area (Å²) in [7, 11) is 0. The van der Waals surface area contributed by atoms with Gasteiger partial charge >= 0.3 is 0 Å². The molecule has 2 aromatic carbocycles. The SMILES string of the molecule is C[C@@H](c1ccccc1)N1CC(C2(C)CCC2)CC1=O.C[C@@H](c1ccccc1)N1C[C@H](C2(C)CCC2)[C@@H](F)C1=O. The van der Waals surface area contributed by atoms with Gasteiger partial charge in [-0.3, -0.25) is 9.59 Å². The number of amides is 2. The molecule has 4 fully saturated rings. The van der Waals surface area contributed by atoms with Crippen molar-refractivity contribution in [3.05, 3.63) is 71.8 Å². The lowest BCUT2D eigenvalue weighted by Crippen LogP contribution is -2.39. The maximum absolute atomic E-state index is 14.4. The molecular formula is C34H45FN2O2. The molecule has 0 spiro atoms. The van der Waals surface area contributed by atoms with Crippen LogP contribution >= 0.6 is 0 Å². The first-order valence-electron chi connectivity index (χ1n) is 15.0. The Morgan fingerprint density at radius 3 is 1.69 bits per heavy atom. The van der Waals surface area contributed by atoms with Gasteiger partial charge in [0, 0.05) is 25.4 Å². The van der Waals surface area contributed by atoms with Crippen LogP contribution in [0.5, 0.6) is 0 Å². The number of nitrogens with zero attached hydrogens (tertiary/aromatic N) is 2. The zero-order chi connectivity index (χ0) is 27.8. The second-order valence-electron chi connectivity index (χ2n) is 13.1. The van der Waals surface area contributed by atoms with Gasteiger partial charge in [-0.25, -0.2) is 4.39 Å². The Balaban J connectivity index is 0.000000158. The summed E-state index contributed by atoms with van der Waals surface area (Å²) in [6, 6.07) is 20.4. The Labute approximate surface area is 234 Å². The Kier molecular flexibility index (Phi) is 7.90. The molecule has 210 valence electrons. The van der Waals surface area contributed by atoms with Gasteiger partial charge in [0.15, 0.2) is 6.17 Å². The van der Waals surface area contributed by atoms with Crippen LogP contribution in [0.1, 0.15) is 95.9 Å². The minimum absolute atomic E-state index is 0.0280. The van der Waals surface area contributed by atoms with Gasteiger partial charge in [-0.1, -0.05) is 87.4 Å². The first kappa shape index (κ1) is 27.9. The Bertz CT molecular complexity index is 1140. The molecule has 2 heterocycles. The van der Waals surface area contributed by atoms with E-state index >= 15 is 0 Å². The highest BCUT2D eigenvalue weighted by Crippen LogP contribution is 2.52. The minimum Gasteiger partial charge on any atom is -0.336 e. The molecule has 0 radical (unpaired) electrons. The van der Waals surface area contributed by atoms with Crippen LogP contribution in [0.3, 0.4) is 0 Å². The highest BCUT2D eigenvalue weighted by Gasteiger charge is 2.53. The first-order valence-corrected chi connectivity index (χ1v) is 15.0. The van der Waals surface area contributed by atoms with Gasteiger partial charge < -0.3 is 9.80 Å². The number of rotatable bonds is 6. The van der Waals surface area contributed by atoms with Crippen LogP contribution in [0.4, 0.5) is 4.39 Å². The van der Waals surface area contributed by atoms with Crippen molar-refractivity contribution in [1.29, 1.82) is 0 Å². The summed E-state index contributed by atoms with van der Waals surface area (Å²) >= 11 is 0. The van der Waals surface area contributed by atoms with Gasteiger partial charge in [-0.2, -0.15) is 0 Å². The van der Waals surface area contributed by atoms with Crippen LogP contribution < -0.4 is 0 Å². The lowest BCUT2D eigenvalue weighted by molar-refractivity contribution is -0.134. The number of alkyl halides is 1. The molecule has 5 atom stereocenters. The van der Waals surface area contributed by atoms with Crippen LogP contribution in [0, 0.1) is 22.7 Å². The summed E-state index contributed by atoms with van der Waals surface area (Å²) in [6.07, 6.45) is 6.67. The van der Waals surface area contributed by atoms with Crippen molar-refractivity contribution in [3.8, 4) is 0 Å². The van der Waals surface area contributed by atoms with E-state index in [4.69, 9.17) is 0 Å².